The number of pyridine rings is 1. The molecule has 0 spiro atoms. The van der Waals surface area contributed by atoms with Crippen molar-refractivity contribution in [2.45, 2.75) is 70.6 Å². The summed E-state index contributed by atoms with van der Waals surface area (Å²) in [5.74, 6) is 2.65. The third-order valence-corrected chi connectivity index (χ3v) is 17.0. The molecule has 5 nitrogen and oxygen atoms in total. The Morgan fingerprint density at radius 3 is 1.84 bits per heavy atom. The molecule has 1 aliphatic heterocycles. The van der Waals surface area contributed by atoms with Gasteiger partial charge in [0.2, 0.25) is 0 Å². The molecule has 0 saturated carbocycles. The van der Waals surface area contributed by atoms with E-state index < -0.39 is 0 Å². The number of benzene rings is 9. The largest absolute Gasteiger partial charge is 0.509 e. The fourth-order valence-corrected chi connectivity index (χ4v) is 13.6. The fourth-order valence-electron chi connectivity index (χ4n) is 13.6. The smallest absolute Gasteiger partial charge is 0.135 e. The third-order valence-electron chi connectivity index (χ3n) is 17.0. The van der Waals surface area contributed by atoms with Gasteiger partial charge in [-0.1, -0.05) is 159 Å². The first kappa shape index (κ1) is 47.5. The van der Waals surface area contributed by atoms with E-state index in [1.807, 2.05) is 18.3 Å². The van der Waals surface area contributed by atoms with Crippen molar-refractivity contribution in [1.29, 1.82) is 0 Å². The number of rotatable bonds is 6. The Morgan fingerprint density at radius 1 is 0.506 bits per heavy atom. The van der Waals surface area contributed by atoms with Gasteiger partial charge in [0.1, 0.15) is 5.82 Å². The molecule has 4 bridgehead atoms. The van der Waals surface area contributed by atoms with Crippen LogP contribution in [-0.2, 0) is 26.5 Å². The minimum atomic E-state index is 0. The summed E-state index contributed by atoms with van der Waals surface area (Å²) in [6, 6.07) is 77.0. The van der Waals surface area contributed by atoms with Crippen molar-refractivity contribution in [3.8, 4) is 28.4 Å². The molecule has 9 aromatic carbocycles. The number of hydrogen-bond acceptors (Lipinski definition) is 4. The number of aromatic nitrogens is 2. The first-order valence-corrected chi connectivity index (χ1v) is 26.7. The van der Waals surface area contributed by atoms with Gasteiger partial charge in [-0.3, -0.25) is 0 Å². The molecule has 0 N–H and O–H groups in total. The van der Waals surface area contributed by atoms with E-state index in [0.29, 0.717) is 11.5 Å². The average Bonchev–Trinajstić information content (AvgIpc) is 4.06. The van der Waals surface area contributed by atoms with E-state index >= 15 is 0 Å². The maximum Gasteiger partial charge on any atom is 0.135 e. The third kappa shape index (κ3) is 7.34. The van der Waals surface area contributed by atoms with Gasteiger partial charge in [0.05, 0.1) is 0 Å². The SMILES string of the molecule is Cc1ccc2c(c1)C1c3c(cc(C)cc3N3[CH-]N(c4[c-]c(Oc5[c-]c6c(cc5)c5ccccc5n6-c5cc(C)c(-c6ccc(C(C)(C)C)cc6)cn5)ccc4)c4ccccc43)C2C2c3ccccc3C1c1ccccc12.[Pt]. The second-order valence-corrected chi connectivity index (χ2v) is 22.6. The Bertz CT molecular complexity index is 4150. The monoisotopic (exact) mass is 1170 g/mol. The number of aryl methyl sites for hydroxylation is 3. The van der Waals surface area contributed by atoms with E-state index in [1.54, 1.807) is 0 Å². The normalized spacial score (nSPS) is 17.5. The van der Waals surface area contributed by atoms with E-state index in [4.69, 9.17) is 9.72 Å². The molecule has 77 heavy (non-hydrogen) atoms. The van der Waals surface area contributed by atoms with Crippen LogP contribution in [0.3, 0.4) is 0 Å². The van der Waals surface area contributed by atoms with Gasteiger partial charge in [-0.15, -0.1) is 48.1 Å². The van der Waals surface area contributed by atoms with Crippen LogP contribution >= 0.6 is 0 Å². The predicted molar refractivity (Wildman–Crippen MR) is 309 cm³/mol. The number of ether oxygens (including phenoxy) is 1. The number of hydrogen-bond donors (Lipinski definition) is 0. The summed E-state index contributed by atoms with van der Waals surface area (Å²) in [5, 5.41) is 2.22. The first-order chi connectivity index (χ1) is 37.1. The van der Waals surface area contributed by atoms with Gasteiger partial charge in [-0.2, -0.15) is 12.1 Å². The van der Waals surface area contributed by atoms with Crippen molar-refractivity contribution in [1.82, 2.24) is 9.55 Å². The summed E-state index contributed by atoms with van der Waals surface area (Å²) in [4.78, 5) is 9.84. The second kappa shape index (κ2) is 17.8. The van der Waals surface area contributed by atoms with Crippen LogP contribution in [0.25, 0.3) is 38.8 Å². The molecule has 3 heterocycles. The molecule has 2 atom stereocenters. The first-order valence-electron chi connectivity index (χ1n) is 26.7. The molecule has 0 fully saturated rings. The van der Waals surface area contributed by atoms with E-state index in [-0.39, 0.29) is 50.2 Å². The van der Waals surface area contributed by atoms with Crippen LogP contribution in [0.2, 0.25) is 0 Å². The van der Waals surface area contributed by atoms with Gasteiger partial charge < -0.3 is 19.1 Å². The Hall–Kier alpha value is -7.98. The Kier molecular flexibility index (Phi) is 11.0. The maximum absolute atomic E-state index is 6.79. The second-order valence-electron chi connectivity index (χ2n) is 22.6. The van der Waals surface area contributed by atoms with Crippen molar-refractivity contribution in [2.24, 2.45) is 0 Å². The minimum Gasteiger partial charge on any atom is -0.509 e. The van der Waals surface area contributed by atoms with E-state index in [1.165, 1.54) is 66.9 Å². The van der Waals surface area contributed by atoms with E-state index in [0.717, 1.165) is 61.4 Å². The molecule has 0 radical (unpaired) electrons. The van der Waals surface area contributed by atoms with Gasteiger partial charge in [0.15, 0.2) is 0 Å². The molecular weight excluding hydrogens is 1120 g/mol. The Labute approximate surface area is 465 Å². The van der Waals surface area contributed by atoms with E-state index in [2.05, 4.69) is 251 Å². The molecule has 7 aliphatic rings. The zero-order chi connectivity index (χ0) is 51.1. The van der Waals surface area contributed by atoms with E-state index in [9.17, 15) is 0 Å². The number of para-hydroxylation sites is 3. The zero-order valence-electron chi connectivity index (χ0n) is 43.9. The molecule has 2 unspecified atom stereocenters. The molecule has 378 valence electrons. The Morgan fingerprint density at radius 2 is 1.13 bits per heavy atom. The molecule has 6 aliphatic carbocycles. The summed E-state index contributed by atoms with van der Waals surface area (Å²) < 4.78 is 9.00. The van der Waals surface area contributed by atoms with Crippen molar-refractivity contribution >= 4 is 44.6 Å². The number of fused-ring (bicyclic) bond motifs is 4. The van der Waals surface area contributed by atoms with Crippen LogP contribution in [-0.4, -0.2) is 9.55 Å². The molecule has 11 aromatic rings. The van der Waals surface area contributed by atoms with Gasteiger partial charge in [-0.05, 0) is 129 Å². The van der Waals surface area contributed by atoms with Gasteiger partial charge in [0.25, 0.3) is 0 Å². The van der Waals surface area contributed by atoms with Crippen LogP contribution < -0.4 is 14.5 Å². The maximum atomic E-state index is 6.79. The standard InChI is InChI=1S/C71H55N4O.Pt/c1-42-26-32-56-57(34-42)70-67-54-21-9-7-19-52(54)66(53-20-8-10-22-55(53)67)68(56)58-35-43(2)36-64(69(58)70)74-41-73(61-24-13-14-25-62(61)74)47-16-15-17-48(38-47)76-49-31-33-51-50-18-11-12-23-60(50)75(63(51)39-49)65-37-44(3)59(40-72-65)45-27-29-46(30-28-45)71(4,5)6;/h7-37,40-41,66-68,70H,1-6H3;/q-3;. The van der Waals surface area contributed by atoms with Gasteiger partial charge >= 0.3 is 0 Å². The van der Waals surface area contributed by atoms with Gasteiger partial charge in [0, 0.05) is 90.6 Å². The van der Waals surface area contributed by atoms with Crippen molar-refractivity contribution in [2.75, 3.05) is 9.80 Å². The van der Waals surface area contributed by atoms with Crippen molar-refractivity contribution in [3.05, 3.63) is 280 Å². The van der Waals surface area contributed by atoms with Crippen molar-refractivity contribution < 1.29 is 25.8 Å². The van der Waals surface area contributed by atoms with Crippen molar-refractivity contribution in [3.63, 3.8) is 0 Å². The topological polar surface area (TPSA) is 33.5 Å². The predicted octanol–water partition coefficient (Wildman–Crippen LogP) is 17.7. The van der Waals surface area contributed by atoms with Crippen LogP contribution in [0.15, 0.2) is 194 Å². The molecule has 18 rings (SSSR count). The molecule has 6 heteroatoms. The number of anilines is 4. The number of nitrogens with zero attached hydrogens (tertiary/aromatic N) is 4. The summed E-state index contributed by atoms with van der Waals surface area (Å²) in [5.41, 5.74) is 25.4. The summed E-state index contributed by atoms with van der Waals surface area (Å²) >= 11 is 0. The summed E-state index contributed by atoms with van der Waals surface area (Å²) in [7, 11) is 0. The molecule has 0 amide bonds. The molecular formula is C71H55N4OPt-3. The summed E-state index contributed by atoms with van der Waals surface area (Å²) in [6.45, 7) is 15.7. The van der Waals surface area contributed by atoms with Crippen LogP contribution in [0, 0.1) is 39.6 Å². The van der Waals surface area contributed by atoms with Crippen LogP contribution in [0.4, 0.5) is 22.7 Å². The Balaban J connectivity index is 0.00000540. The minimum absolute atomic E-state index is 0. The quantitative estimate of drug-likeness (QED) is 0.155. The van der Waals surface area contributed by atoms with Crippen LogP contribution in [0.5, 0.6) is 11.5 Å². The average molecular weight is 1180 g/mol. The summed E-state index contributed by atoms with van der Waals surface area (Å²) in [6.07, 6.45) is 2.01. The fraction of sp³-hybridized carbons (Fsp3) is 0.155. The van der Waals surface area contributed by atoms with Gasteiger partial charge in [-0.25, -0.2) is 4.98 Å². The molecule has 2 aromatic heterocycles. The van der Waals surface area contributed by atoms with Crippen LogP contribution in [0.1, 0.15) is 111 Å². The molecule has 0 saturated heterocycles. The zero-order valence-corrected chi connectivity index (χ0v) is 46.1.